The van der Waals surface area contributed by atoms with Crippen LogP contribution in [0.3, 0.4) is 0 Å². The SMILES string of the molecule is Oc1ccc(C(F)(F)C(F)C(F)(F)F)cc1. The van der Waals surface area contributed by atoms with Gasteiger partial charge >= 0.3 is 12.1 Å². The minimum Gasteiger partial charge on any atom is -0.508 e. The molecule has 0 radical (unpaired) electrons. The van der Waals surface area contributed by atoms with Gasteiger partial charge in [-0.2, -0.15) is 22.0 Å². The van der Waals surface area contributed by atoms with Gasteiger partial charge in [-0.15, -0.1) is 0 Å². The molecule has 90 valence electrons. The van der Waals surface area contributed by atoms with Crippen LogP contribution in [0.25, 0.3) is 0 Å². The summed E-state index contributed by atoms with van der Waals surface area (Å²) in [5.74, 6) is -5.08. The molecule has 1 atom stereocenters. The number of hydrogen-bond donors (Lipinski definition) is 1. The molecule has 0 saturated heterocycles. The van der Waals surface area contributed by atoms with Crippen LogP contribution in [0, 0.1) is 0 Å². The first kappa shape index (κ1) is 12.7. The predicted molar refractivity (Wildman–Crippen MR) is 43.0 cm³/mol. The lowest BCUT2D eigenvalue weighted by Crippen LogP contribution is -2.39. The van der Waals surface area contributed by atoms with Crippen molar-refractivity contribution in [3.63, 3.8) is 0 Å². The number of benzene rings is 1. The molecule has 1 N–H and O–H groups in total. The van der Waals surface area contributed by atoms with Crippen molar-refractivity contribution in [3.05, 3.63) is 29.8 Å². The van der Waals surface area contributed by atoms with E-state index >= 15 is 0 Å². The Morgan fingerprint density at radius 2 is 1.38 bits per heavy atom. The highest BCUT2D eigenvalue weighted by molar-refractivity contribution is 5.29. The highest BCUT2D eigenvalue weighted by Gasteiger charge is 2.57. The summed E-state index contributed by atoms with van der Waals surface area (Å²) in [5, 5.41) is 8.76. The standard InChI is InChI=1S/C9H6F6O/c10-7(9(13,14)15)8(11,12)5-1-3-6(16)4-2-5/h1-4,7,16H. The Morgan fingerprint density at radius 1 is 0.938 bits per heavy atom. The second-order valence-electron chi connectivity index (χ2n) is 3.07. The molecule has 1 aromatic rings. The van der Waals surface area contributed by atoms with E-state index < -0.39 is 29.6 Å². The van der Waals surface area contributed by atoms with Gasteiger partial charge in [0.25, 0.3) is 6.17 Å². The largest absolute Gasteiger partial charge is 0.508 e. The van der Waals surface area contributed by atoms with Gasteiger partial charge in [-0.25, -0.2) is 4.39 Å². The number of aromatic hydroxyl groups is 1. The lowest BCUT2D eigenvalue weighted by Gasteiger charge is -2.22. The first-order valence-electron chi connectivity index (χ1n) is 4.04. The van der Waals surface area contributed by atoms with Gasteiger partial charge < -0.3 is 5.11 Å². The average molecular weight is 244 g/mol. The van der Waals surface area contributed by atoms with Crippen molar-refractivity contribution in [3.8, 4) is 5.75 Å². The van der Waals surface area contributed by atoms with Crippen LogP contribution < -0.4 is 0 Å². The van der Waals surface area contributed by atoms with Gasteiger partial charge in [-0.3, -0.25) is 0 Å². The zero-order valence-corrected chi connectivity index (χ0v) is 7.60. The average Bonchev–Trinajstić information content (AvgIpc) is 2.16. The van der Waals surface area contributed by atoms with E-state index in [9.17, 15) is 26.3 Å². The van der Waals surface area contributed by atoms with Crippen molar-refractivity contribution in [2.75, 3.05) is 0 Å². The zero-order valence-electron chi connectivity index (χ0n) is 7.60. The Labute approximate surface area is 86.3 Å². The molecule has 0 saturated carbocycles. The Morgan fingerprint density at radius 3 is 1.75 bits per heavy atom. The molecule has 0 amide bonds. The van der Waals surface area contributed by atoms with E-state index in [1.807, 2.05) is 0 Å². The fourth-order valence-electron chi connectivity index (χ4n) is 1.04. The number of phenolic OH excluding ortho intramolecular Hbond substituents is 1. The number of hydrogen-bond acceptors (Lipinski definition) is 1. The minimum atomic E-state index is -5.64. The minimum absolute atomic E-state index is 0.401. The molecule has 1 nitrogen and oxygen atoms in total. The molecule has 0 aromatic heterocycles. The van der Waals surface area contributed by atoms with E-state index in [0.717, 1.165) is 12.1 Å². The van der Waals surface area contributed by atoms with Crippen LogP contribution in [0.1, 0.15) is 5.56 Å². The third kappa shape index (κ3) is 2.40. The van der Waals surface area contributed by atoms with E-state index in [-0.39, 0.29) is 0 Å². The van der Waals surface area contributed by atoms with Crippen molar-refractivity contribution >= 4 is 0 Å². The summed E-state index contributed by atoms with van der Waals surface area (Å²) in [7, 11) is 0. The van der Waals surface area contributed by atoms with Crippen LogP contribution in [-0.2, 0) is 5.92 Å². The van der Waals surface area contributed by atoms with Gasteiger partial charge in [-0.1, -0.05) is 0 Å². The Bertz CT molecular complexity index is 355. The summed E-state index contributed by atoms with van der Waals surface area (Å²) < 4.78 is 74.0. The van der Waals surface area contributed by atoms with Crippen molar-refractivity contribution in [1.82, 2.24) is 0 Å². The number of alkyl halides is 6. The Kier molecular flexibility index (Phi) is 3.07. The molecule has 0 aliphatic rings. The van der Waals surface area contributed by atoms with Crippen molar-refractivity contribution < 1.29 is 31.4 Å². The summed E-state index contributed by atoms with van der Waals surface area (Å²) in [6.07, 6.45) is -9.91. The third-order valence-electron chi connectivity index (χ3n) is 1.86. The van der Waals surface area contributed by atoms with Gasteiger partial charge in [-0.05, 0) is 24.3 Å². The van der Waals surface area contributed by atoms with E-state index in [2.05, 4.69) is 0 Å². The van der Waals surface area contributed by atoms with Gasteiger partial charge in [0.1, 0.15) is 5.75 Å². The maximum absolute atomic E-state index is 13.0. The molecule has 0 spiro atoms. The maximum Gasteiger partial charge on any atom is 0.426 e. The second kappa shape index (κ2) is 3.88. The molecular weight excluding hydrogens is 238 g/mol. The van der Waals surface area contributed by atoms with E-state index in [0.29, 0.717) is 12.1 Å². The molecule has 0 bridgehead atoms. The van der Waals surface area contributed by atoms with Gasteiger partial charge in [0, 0.05) is 5.56 Å². The Balaban J connectivity index is 3.06. The van der Waals surface area contributed by atoms with Crippen LogP contribution in [0.2, 0.25) is 0 Å². The molecular formula is C9H6F6O. The molecule has 1 unspecified atom stereocenters. The summed E-state index contributed by atoms with van der Waals surface area (Å²) in [5.41, 5.74) is -1.14. The molecule has 1 aromatic carbocycles. The normalized spacial score (nSPS) is 14.9. The van der Waals surface area contributed by atoms with E-state index in [4.69, 9.17) is 5.11 Å². The monoisotopic (exact) mass is 244 g/mol. The summed E-state index contributed by atoms with van der Waals surface area (Å²) in [6, 6.07) is 2.58. The second-order valence-corrected chi connectivity index (χ2v) is 3.07. The number of halogens is 6. The van der Waals surface area contributed by atoms with Crippen LogP contribution >= 0.6 is 0 Å². The summed E-state index contributed by atoms with van der Waals surface area (Å²) in [4.78, 5) is 0. The Hall–Kier alpha value is -1.40. The third-order valence-corrected chi connectivity index (χ3v) is 1.86. The zero-order chi connectivity index (χ0) is 12.6. The van der Waals surface area contributed by atoms with Gasteiger partial charge in [0.05, 0.1) is 0 Å². The van der Waals surface area contributed by atoms with Gasteiger partial charge in [0.2, 0.25) is 0 Å². The smallest absolute Gasteiger partial charge is 0.426 e. The van der Waals surface area contributed by atoms with Crippen molar-refractivity contribution in [1.29, 1.82) is 0 Å². The lowest BCUT2D eigenvalue weighted by atomic mass is 10.0. The molecule has 0 fully saturated rings. The van der Waals surface area contributed by atoms with Crippen LogP contribution in [0.5, 0.6) is 5.75 Å². The van der Waals surface area contributed by atoms with E-state index in [1.165, 1.54) is 0 Å². The fourth-order valence-corrected chi connectivity index (χ4v) is 1.04. The molecule has 0 aliphatic heterocycles. The highest BCUT2D eigenvalue weighted by atomic mass is 19.4. The topological polar surface area (TPSA) is 20.2 Å². The molecule has 0 aliphatic carbocycles. The first-order valence-corrected chi connectivity index (χ1v) is 4.04. The molecule has 0 heterocycles. The van der Waals surface area contributed by atoms with Crippen molar-refractivity contribution in [2.45, 2.75) is 18.3 Å². The van der Waals surface area contributed by atoms with Crippen molar-refractivity contribution in [2.24, 2.45) is 0 Å². The maximum atomic E-state index is 13.0. The van der Waals surface area contributed by atoms with Gasteiger partial charge in [0.15, 0.2) is 0 Å². The number of phenols is 1. The molecule has 7 heteroatoms. The summed E-state index contributed by atoms with van der Waals surface area (Å²) in [6.45, 7) is 0. The lowest BCUT2D eigenvalue weighted by molar-refractivity contribution is -0.248. The first-order chi connectivity index (χ1) is 7.15. The fraction of sp³-hybridized carbons (Fsp3) is 0.333. The van der Waals surface area contributed by atoms with E-state index in [1.54, 1.807) is 0 Å². The van der Waals surface area contributed by atoms with Crippen LogP contribution in [-0.4, -0.2) is 17.5 Å². The quantitative estimate of drug-likeness (QED) is 0.790. The van der Waals surface area contributed by atoms with Crippen LogP contribution in [0.15, 0.2) is 24.3 Å². The number of rotatable bonds is 2. The molecule has 1 rings (SSSR count). The summed E-state index contributed by atoms with van der Waals surface area (Å²) >= 11 is 0. The predicted octanol–water partition coefficient (Wildman–Crippen LogP) is 3.38. The molecule has 16 heavy (non-hydrogen) atoms. The highest BCUT2D eigenvalue weighted by Crippen LogP contribution is 2.41. The van der Waals surface area contributed by atoms with Crippen LogP contribution in [0.4, 0.5) is 26.3 Å².